The average molecular weight is 283 g/mol. The lowest BCUT2D eigenvalue weighted by Crippen LogP contribution is -2.29. The molecule has 100 valence electrons. The minimum absolute atomic E-state index is 0.278. The van der Waals surface area contributed by atoms with Gasteiger partial charge in [0.2, 0.25) is 0 Å². The predicted molar refractivity (Wildman–Crippen MR) is 71.7 cm³/mol. The predicted octanol–water partition coefficient (Wildman–Crippen LogP) is 3.48. The molecule has 0 radical (unpaired) electrons. The van der Waals surface area contributed by atoms with Crippen LogP contribution in [0.25, 0.3) is 0 Å². The second-order valence-corrected chi connectivity index (χ2v) is 4.76. The number of aryl methyl sites for hydroxylation is 1. The van der Waals surface area contributed by atoms with Crippen molar-refractivity contribution in [2.75, 3.05) is 0 Å². The first-order chi connectivity index (χ1) is 9.01. The number of rotatable bonds is 3. The highest BCUT2D eigenvalue weighted by Crippen LogP contribution is 2.27. The van der Waals surface area contributed by atoms with Crippen molar-refractivity contribution < 1.29 is 8.78 Å². The van der Waals surface area contributed by atoms with Crippen LogP contribution in [0.4, 0.5) is 8.78 Å². The van der Waals surface area contributed by atoms with Crippen molar-refractivity contribution in [3.63, 3.8) is 0 Å². The minimum Gasteiger partial charge on any atom is -0.271 e. The molecule has 0 bridgehead atoms. The third-order valence-electron chi connectivity index (χ3n) is 2.83. The molecule has 0 saturated heterocycles. The molecule has 0 aromatic heterocycles. The maximum atomic E-state index is 13.8. The normalized spacial score (nSPS) is 12.5. The minimum atomic E-state index is -0.659. The molecule has 2 aromatic rings. The smallest absolute Gasteiger partial charge is 0.128 e. The Hall–Kier alpha value is -1.49. The van der Waals surface area contributed by atoms with Crippen LogP contribution in [0.1, 0.15) is 22.7 Å². The number of hydrazine groups is 1. The van der Waals surface area contributed by atoms with E-state index < -0.39 is 17.7 Å². The molecule has 0 spiro atoms. The summed E-state index contributed by atoms with van der Waals surface area (Å²) in [6, 6.07) is 7.98. The molecule has 0 aliphatic carbocycles. The number of hydrogen-bond acceptors (Lipinski definition) is 2. The highest BCUT2D eigenvalue weighted by molar-refractivity contribution is 6.30. The molecule has 19 heavy (non-hydrogen) atoms. The van der Waals surface area contributed by atoms with Crippen molar-refractivity contribution in [3.8, 4) is 0 Å². The van der Waals surface area contributed by atoms with Gasteiger partial charge in [0.15, 0.2) is 0 Å². The number of nitrogens with two attached hydrogens (primary N) is 1. The molecule has 0 saturated carbocycles. The van der Waals surface area contributed by atoms with Crippen LogP contribution in [-0.4, -0.2) is 0 Å². The fraction of sp³-hybridized carbons (Fsp3) is 0.143. The van der Waals surface area contributed by atoms with Crippen molar-refractivity contribution in [2.45, 2.75) is 13.0 Å². The van der Waals surface area contributed by atoms with Gasteiger partial charge in [-0.3, -0.25) is 5.84 Å². The van der Waals surface area contributed by atoms with Gasteiger partial charge in [-0.05, 0) is 48.4 Å². The van der Waals surface area contributed by atoms with Gasteiger partial charge < -0.3 is 0 Å². The summed E-state index contributed by atoms with van der Waals surface area (Å²) in [7, 11) is 0. The second-order valence-electron chi connectivity index (χ2n) is 4.33. The topological polar surface area (TPSA) is 38.0 Å². The molecule has 2 aromatic carbocycles. The highest BCUT2D eigenvalue weighted by atomic mass is 35.5. The number of halogens is 3. The Balaban J connectivity index is 2.52. The molecule has 1 unspecified atom stereocenters. The zero-order chi connectivity index (χ0) is 14.0. The second kappa shape index (κ2) is 5.65. The van der Waals surface area contributed by atoms with Crippen LogP contribution in [0.15, 0.2) is 36.4 Å². The van der Waals surface area contributed by atoms with Gasteiger partial charge in [-0.1, -0.05) is 17.7 Å². The summed E-state index contributed by atoms with van der Waals surface area (Å²) in [5.74, 6) is 4.63. The van der Waals surface area contributed by atoms with E-state index in [0.717, 1.165) is 5.56 Å². The van der Waals surface area contributed by atoms with Crippen LogP contribution in [0.2, 0.25) is 5.02 Å². The molecule has 0 fully saturated rings. The van der Waals surface area contributed by atoms with Gasteiger partial charge in [0.1, 0.15) is 11.6 Å². The van der Waals surface area contributed by atoms with Crippen molar-refractivity contribution in [1.29, 1.82) is 0 Å². The van der Waals surface area contributed by atoms with Crippen molar-refractivity contribution >= 4 is 11.6 Å². The summed E-state index contributed by atoms with van der Waals surface area (Å²) < 4.78 is 27.3. The quantitative estimate of drug-likeness (QED) is 0.668. The highest BCUT2D eigenvalue weighted by Gasteiger charge is 2.18. The van der Waals surface area contributed by atoms with Gasteiger partial charge in [0.25, 0.3) is 0 Å². The summed E-state index contributed by atoms with van der Waals surface area (Å²) in [6.45, 7) is 1.76. The van der Waals surface area contributed by atoms with E-state index in [2.05, 4.69) is 5.43 Å². The van der Waals surface area contributed by atoms with Crippen LogP contribution in [-0.2, 0) is 0 Å². The monoisotopic (exact) mass is 282 g/mol. The molecular formula is C14H13ClF2N2. The fourth-order valence-corrected chi connectivity index (χ4v) is 2.21. The van der Waals surface area contributed by atoms with E-state index in [1.165, 1.54) is 30.3 Å². The fourth-order valence-electron chi connectivity index (χ4n) is 2.03. The van der Waals surface area contributed by atoms with Crippen molar-refractivity contribution in [2.24, 2.45) is 5.84 Å². The molecular weight excluding hydrogens is 270 g/mol. The zero-order valence-corrected chi connectivity index (χ0v) is 11.0. The molecule has 3 N–H and O–H groups in total. The third kappa shape index (κ3) is 3.10. The van der Waals surface area contributed by atoms with Crippen LogP contribution in [0, 0.1) is 18.6 Å². The first-order valence-corrected chi connectivity index (χ1v) is 6.07. The number of nitrogens with one attached hydrogen (secondary N) is 1. The van der Waals surface area contributed by atoms with Gasteiger partial charge >= 0.3 is 0 Å². The van der Waals surface area contributed by atoms with E-state index in [0.29, 0.717) is 10.6 Å². The van der Waals surface area contributed by atoms with E-state index in [9.17, 15) is 8.78 Å². The summed E-state index contributed by atoms with van der Waals surface area (Å²) in [5.41, 5.74) is 4.05. The molecule has 0 aliphatic heterocycles. The Morgan fingerprint density at radius 1 is 1.16 bits per heavy atom. The summed E-state index contributed by atoms with van der Waals surface area (Å²) in [6.07, 6.45) is 0. The number of benzene rings is 2. The summed E-state index contributed by atoms with van der Waals surface area (Å²) in [4.78, 5) is 0. The average Bonchev–Trinajstić information content (AvgIpc) is 2.33. The van der Waals surface area contributed by atoms with Crippen LogP contribution < -0.4 is 11.3 Å². The van der Waals surface area contributed by atoms with Gasteiger partial charge in [0, 0.05) is 10.6 Å². The SMILES string of the molecule is Cc1cc(F)cc(C(NN)c2cc(Cl)ccc2F)c1. The molecule has 1 atom stereocenters. The Morgan fingerprint density at radius 3 is 2.53 bits per heavy atom. The lowest BCUT2D eigenvalue weighted by molar-refractivity contribution is 0.555. The Morgan fingerprint density at radius 2 is 1.89 bits per heavy atom. The number of hydrogen-bond donors (Lipinski definition) is 2. The Labute approximate surface area is 115 Å². The third-order valence-corrected chi connectivity index (χ3v) is 3.07. The Bertz CT molecular complexity index is 582. The molecule has 0 heterocycles. The summed E-state index contributed by atoms with van der Waals surface area (Å²) >= 11 is 5.86. The van der Waals surface area contributed by atoms with Gasteiger partial charge in [-0.15, -0.1) is 0 Å². The molecule has 0 aliphatic rings. The van der Waals surface area contributed by atoms with Crippen LogP contribution in [0.5, 0.6) is 0 Å². The maximum absolute atomic E-state index is 13.8. The van der Waals surface area contributed by atoms with Crippen molar-refractivity contribution in [3.05, 3.63) is 69.7 Å². The Kier molecular flexibility index (Phi) is 4.14. The van der Waals surface area contributed by atoms with E-state index >= 15 is 0 Å². The summed E-state index contributed by atoms with van der Waals surface area (Å²) in [5, 5.41) is 0.393. The van der Waals surface area contributed by atoms with E-state index in [4.69, 9.17) is 17.4 Å². The standard InChI is InChI=1S/C14H13ClF2N2/c1-8-4-9(6-11(16)5-8)14(19-18)12-7-10(15)2-3-13(12)17/h2-7,14,19H,18H2,1H3. The van der Waals surface area contributed by atoms with Crippen molar-refractivity contribution in [1.82, 2.24) is 5.43 Å². The molecule has 5 heteroatoms. The first-order valence-electron chi connectivity index (χ1n) is 5.69. The molecule has 2 rings (SSSR count). The van der Waals surface area contributed by atoms with Gasteiger partial charge in [0.05, 0.1) is 6.04 Å². The van der Waals surface area contributed by atoms with E-state index in [-0.39, 0.29) is 5.56 Å². The van der Waals surface area contributed by atoms with E-state index in [1.54, 1.807) is 13.0 Å². The molecule has 2 nitrogen and oxygen atoms in total. The lowest BCUT2D eigenvalue weighted by atomic mass is 9.97. The van der Waals surface area contributed by atoms with E-state index in [1.807, 2.05) is 0 Å². The van der Waals surface area contributed by atoms with Gasteiger partial charge in [-0.2, -0.15) is 0 Å². The molecule has 0 amide bonds. The zero-order valence-electron chi connectivity index (χ0n) is 10.3. The van der Waals surface area contributed by atoms with Crippen LogP contribution >= 0.6 is 11.6 Å². The first kappa shape index (κ1) is 13.9. The van der Waals surface area contributed by atoms with Gasteiger partial charge in [-0.25, -0.2) is 14.2 Å². The lowest BCUT2D eigenvalue weighted by Gasteiger charge is -2.18. The largest absolute Gasteiger partial charge is 0.271 e. The maximum Gasteiger partial charge on any atom is 0.128 e. The van der Waals surface area contributed by atoms with Crippen LogP contribution in [0.3, 0.4) is 0 Å².